The van der Waals surface area contributed by atoms with Crippen LogP contribution in [0, 0.1) is 6.92 Å². The quantitative estimate of drug-likeness (QED) is 0.795. The largest absolute Gasteiger partial charge is 0.273 e. The fraction of sp³-hybridized carbons (Fsp3) is 0.300. The molecule has 1 aromatic carbocycles. The van der Waals surface area contributed by atoms with E-state index in [4.69, 9.17) is 0 Å². The van der Waals surface area contributed by atoms with E-state index in [1.807, 2.05) is 6.92 Å². The topological polar surface area (TPSA) is 54.5 Å². The maximum absolute atomic E-state index is 11.7. The van der Waals surface area contributed by atoms with Crippen LogP contribution in [0.4, 0.5) is 5.69 Å². The highest BCUT2D eigenvalue weighted by molar-refractivity contribution is 9.10. The van der Waals surface area contributed by atoms with Crippen LogP contribution >= 0.6 is 15.9 Å². The van der Waals surface area contributed by atoms with E-state index < -0.39 is 10.0 Å². The molecular formula is C10H10BrNO3S. The first-order chi connectivity index (χ1) is 7.42. The molecule has 1 aromatic rings. The lowest BCUT2D eigenvalue weighted by molar-refractivity contribution is -0.116. The highest BCUT2D eigenvalue weighted by Gasteiger charge is 2.36. The molecule has 4 nitrogen and oxygen atoms in total. The maximum Gasteiger partial charge on any atom is 0.242 e. The van der Waals surface area contributed by atoms with Crippen molar-refractivity contribution in [1.29, 1.82) is 0 Å². The number of nitrogens with zero attached hydrogens (tertiary/aromatic N) is 1. The molecule has 0 spiro atoms. The molecule has 86 valence electrons. The van der Waals surface area contributed by atoms with Gasteiger partial charge in [-0.05, 0) is 24.6 Å². The van der Waals surface area contributed by atoms with E-state index in [0.717, 1.165) is 14.3 Å². The third-order valence-corrected chi connectivity index (χ3v) is 5.01. The number of hydrogen-bond acceptors (Lipinski definition) is 3. The third-order valence-electron chi connectivity index (χ3n) is 2.47. The molecular weight excluding hydrogens is 294 g/mol. The average molecular weight is 304 g/mol. The van der Waals surface area contributed by atoms with Crippen molar-refractivity contribution in [3.8, 4) is 0 Å². The van der Waals surface area contributed by atoms with Crippen molar-refractivity contribution < 1.29 is 13.2 Å². The van der Waals surface area contributed by atoms with Gasteiger partial charge in [0, 0.05) is 10.9 Å². The fourth-order valence-corrected chi connectivity index (χ4v) is 3.40. The number of aryl methyl sites for hydroxylation is 1. The predicted octanol–water partition coefficient (Wildman–Crippen LogP) is 1.82. The molecule has 0 N–H and O–H groups in total. The molecule has 0 unspecified atom stereocenters. The van der Waals surface area contributed by atoms with Gasteiger partial charge in [0.1, 0.15) is 0 Å². The minimum Gasteiger partial charge on any atom is -0.273 e. The lowest BCUT2D eigenvalue weighted by atomic mass is 10.2. The van der Waals surface area contributed by atoms with Crippen molar-refractivity contribution in [3.63, 3.8) is 0 Å². The zero-order valence-electron chi connectivity index (χ0n) is 8.60. The number of anilines is 1. The molecule has 0 bridgehead atoms. The number of amides is 1. The van der Waals surface area contributed by atoms with E-state index in [-0.39, 0.29) is 18.1 Å². The summed E-state index contributed by atoms with van der Waals surface area (Å²) in [7, 11) is -3.46. The Morgan fingerprint density at radius 2 is 2.06 bits per heavy atom. The Balaban J connectivity index is 2.52. The Morgan fingerprint density at radius 3 is 2.56 bits per heavy atom. The van der Waals surface area contributed by atoms with E-state index >= 15 is 0 Å². The van der Waals surface area contributed by atoms with Crippen molar-refractivity contribution in [2.24, 2.45) is 0 Å². The second-order valence-corrected chi connectivity index (χ2v) is 6.45. The zero-order chi connectivity index (χ0) is 11.9. The van der Waals surface area contributed by atoms with Crippen LogP contribution in [0.1, 0.15) is 12.0 Å². The Kier molecular flexibility index (Phi) is 2.79. The molecule has 0 atom stereocenters. The van der Waals surface area contributed by atoms with Crippen LogP contribution in [0.25, 0.3) is 0 Å². The fourth-order valence-electron chi connectivity index (χ4n) is 1.58. The molecule has 1 heterocycles. The van der Waals surface area contributed by atoms with Crippen LogP contribution in [-0.2, 0) is 14.8 Å². The summed E-state index contributed by atoms with van der Waals surface area (Å²) in [5, 5.41) is 0. The van der Waals surface area contributed by atoms with Crippen molar-refractivity contribution in [1.82, 2.24) is 0 Å². The van der Waals surface area contributed by atoms with E-state index in [1.165, 1.54) is 0 Å². The monoisotopic (exact) mass is 303 g/mol. The predicted molar refractivity (Wildman–Crippen MR) is 64.8 cm³/mol. The smallest absolute Gasteiger partial charge is 0.242 e. The number of benzene rings is 1. The first-order valence-corrected chi connectivity index (χ1v) is 7.14. The van der Waals surface area contributed by atoms with Crippen LogP contribution < -0.4 is 4.31 Å². The van der Waals surface area contributed by atoms with Crippen molar-refractivity contribution in [2.75, 3.05) is 10.1 Å². The number of hydrogen-bond donors (Lipinski definition) is 0. The van der Waals surface area contributed by atoms with Crippen molar-refractivity contribution >= 4 is 37.5 Å². The summed E-state index contributed by atoms with van der Waals surface area (Å²) >= 11 is 3.32. The molecule has 1 saturated heterocycles. The second-order valence-electron chi connectivity index (χ2n) is 3.66. The van der Waals surface area contributed by atoms with Gasteiger partial charge in [0.2, 0.25) is 15.9 Å². The lowest BCUT2D eigenvalue weighted by Gasteiger charge is -2.15. The molecule has 1 amide bonds. The molecule has 16 heavy (non-hydrogen) atoms. The van der Waals surface area contributed by atoms with Gasteiger partial charge in [-0.3, -0.25) is 4.79 Å². The Hall–Kier alpha value is -0.880. The van der Waals surface area contributed by atoms with E-state index in [0.29, 0.717) is 5.69 Å². The number of rotatable bonds is 1. The number of sulfonamides is 1. The van der Waals surface area contributed by atoms with Gasteiger partial charge in [0.25, 0.3) is 0 Å². The molecule has 6 heteroatoms. The lowest BCUT2D eigenvalue weighted by Crippen LogP contribution is -2.29. The SMILES string of the molecule is Cc1ccc(N2C(=O)CCS2(=O)=O)cc1Br. The van der Waals surface area contributed by atoms with Gasteiger partial charge in [0.05, 0.1) is 11.4 Å². The maximum atomic E-state index is 11.7. The van der Waals surface area contributed by atoms with Gasteiger partial charge in [-0.25, -0.2) is 12.7 Å². The highest BCUT2D eigenvalue weighted by Crippen LogP contribution is 2.29. The summed E-state index contributed by atoms with van der Waals surface area (Å²) < 4.78 is 25.0. The van der Waals surface area contributed by atoms with E-state index in [1.54, 1.807) is 18.2 Å². The van der Waals surface area contributed by atoms with Crippen LogP contribution in [0.5, 0.6) is 0 Å². The van der Waals surface area contributed by atoms with Gasteiger partial charge < -0.3 is 0 Å². The molecule has 1 fully saturated rings. The second kappa shape index (κ2) is 3.85. The standard InChI is InChI=1S/C10H10BrNO3S/c1-7-2-3-8(6-9(7)11)12-10(13)4-5-16(12,14)15/h2-3,6H,4-5H2,1H3. The highest BCUT2D eigenvalue weighted by atomic mass is 79.9. The minimum atomic E-state index is -3.46. The summed E-state index contributed by atoms with van der Waals surface area (Å²) in [6.45, 7) is 1.90. The minimum absolute atomic E-state index is 0.0633. The Morgan fingerprint density at radius 1 is 1.38 bits per heavy atom. The summed E-state index contributed by atoms with van der Waals surface area (Å²) in [4.78, 5) is 11.5. The average Bonchev–Trinajstić information content (AvgIpc) is 2.46. The molecule has 0 aliphatic carbocycles. The molecule has 0 saturated carbocycles. The molecule has 1 aliphatic heterocycles. The van der Waals surface area contributed by atoms with Crippen molar-refractivity contribution in [2.45, 2.75) is 13.3 Å². The van der Waals surface area contributed by atoms with Gasteiger partial charge >= 0.3 is 0 Å². The number of carbonyl (C=O) groups excluding carboxylic acids is 1. The van der Waals surface area contributed by atoms with E-state index in [2.05, 4.69) is 15.9 Å². The van der Waals surface area contributed by atoms with Gasteiger partial charge in [-0.15, -0.1) is 0 Å². The van der Waals surface area contributed by atoms with Crippen LogP contribution in [-0.4, -0.2) is 20.1 Å². The van der Waals surface area contributed by atoms with Crippen LogP contribution in [0.3, 0.4) is 0 Å². The van der Waals surface area contributed by atoms with Crippen LogP contribution in [0.2, 0.25) is 0 Å². The van der Waals surface area contributed by atoms with Gasteiger partial charge in [-0.2, -0.15) is 0 Å². The molecule has 0 radical (unpaired) electrons. The normalized spacial score (nSPS) is 19.1. The Bertz CT molecular complexity index is 553. The first-order valence-electron chi connectivity index (χ1n) is 4.74. The van der Waals surface area contributed by atoms with Gasteiger partial charge in [0.15, 0.2) is 0 Å². The zero-order valence-corrected chi connectivity index (χ0v) is 11.0. The molecule has 1 aliphatic rings. The summed E-state index contributed by atoms with van der Waals surface area (Å²) in [6.07, 6.45) is 0.0633. The van der Waals surface area contributed by atoms with Crippen molar-refractivity contribution in [3.05, 3.63) is 28.2 Å². The number of halogens is 1. The molecule has 2 rings (SSSR count). The third kappa shape index (κ3) is 1.87. The first kappa shape index (κ1) is 11.6. The molecule has 0 aromatic heterocycles. The van der Waals surface area contributed by atoms with E-state index in [9.17, 15) is 13.2 Å². The van der Waals surface area contributed by atoms with Gasteiger partial charge in [-0.1, -0.05) is 22.0 Å². The Labute approximate surface area is 102 Å². The number of carbonyl (C=O) groups is 1. The summed E-state index contributed by atoms with van der Waals surface area (Å²) in [5.41, 5.74) is 1.40. The summed E-state index contributed by atoms with van der Waals surface area (Å²) in [6, 6.07) is 5.07. The summed E-state index contributed by atoms with van der Waals surface area (Å²) in [5.74, 6) is -0.465. The van der Waals surface area contributed by atoms with Crippen LogP contribution in [0.15, 0.2) is 22.7 Å².